The number of nitrogens with one attached hydrogen (secondary N) is 1. The van der Waals surface area contributed by atoms with Gasteiger partial charge in [-0.3, -0.25) is 4.79 Å². The standard InChI is InChI=1S/C32H22Cl2N2O3/c33-21-14-20(15-22(34)17-21)32(38)35-23-10-8-18(9-11-23)31(37)28-7-3-6-26-25(28)12-13-27-24-5-2-1-4-19(24)16-29(36-39)30(26)27/h1-2,4-5,8-17,37H,3,6-7H2,(H,35,38). The number of carbonyl (C=O) groups is 1. The molecule has 1 aliphatic rings. The first kappa shape index (κ1) is 25.1. The molecule has 0 fully saturated rings. The number of aliphatic hydroxyl groups excluding tert-OH is 1. The molecule has 0 spiro atoms. The lowest BCUT2D eigenvalue weighted by molar-refractivity contribution is 0.102. The Hall–Kier alpha value is -4.19. The molecule has 1 aliphatic carbocycles. The topological polar surface area (TPSA) is 78.8 Å². The summed E-state index contributed by atoms with van der Waals surface area (Å²) in [6.07, 6.45) is 2.34. The molecule has 0 aliphatic heterocycles. The summed E-state index contributed by atoms with van der Waals surface area (Å²) in [6.45, 7) is 0. The van der Waals surface area contributed by atoms with Crippen LogP contribution in [0.25, 0.3) is 32.9 Å². The highest BCUT2D eigenvalue weighted by Crippen LogP contribution is 2.44. The Balaban J connectivity index is 1.36. The van der Waals surface area contributed by atoms with Gasteiger partial charge in [0.1, 0.15) is 11.4 Å². The number of nitroso groups, excluding NO2 is 1. The van der Waals surface area contributed by atoms with Gasteiger partial charge in [0, 0.05) is 37.8 Å². The number of amides is 1. The van der Waals surface area contributed by atoms with Gasteiger partial charge in [-0.15, -0.1) is 4.91 Å². The number of hydrogen-bond acceptors (Lipinski definition) is 4. The smallest absolute Gasteiger partial charge is 0.255 e. The number of nitrogens with zero attached hydrogens (tertiary/aromatic N) is 1. The zero-order valence-corrected chi connectivity index (χ0v) is 22.2. The maximum atomic E-state index is 12.6. The predicted octanol–water partition coefficient (Wildman–Crippen LogP) is 9.71. The van der Waals surface area contributed by atoms with Crippen molar-refractivity contribution >= 4 is 73.4 Å². The van der Waals surface area contributed by atoms with Gasteiger partial charge in [-0.25, -0.2) is 0 Å². The average Bonchev–Trinajstić information content (AvgIpc) is 2.95. The summed E-state index contributed by atoms with van der Waals surface area (Å²) >= 11 is 12.0. The van der Waals surface area contributed by atoms with Crippen LogP contribution >= 0.6 is 23.2 Å². The van der Waals surface area contributed by atoms with E-state index in [0.717, 1.165) is 51.1 Å². The van der Waals surface area contributed by atoms with Crippen LogP contribution in [0.4, 0.5) is 11.4 Å². The molecule has 0 atom stereocenters. The number of rotatable bonds is 4. The van der Waals surface area contributed by atoms with Gasteiger partial charge in [0.2, 0.25) is 0 Å². The van der Waals surface area contributed by atoms with Crippen LogP contribution in [0.15, 0.2) is 90.1 Å². The summed E-state index contributed by atoms with van der Waals surface area (Å²) in [7, 11) is 0. The monoisotopic (exact) mass is 552 g/mol. The van der Waals surface area contributed by atoms with Crippen LogP contribution < -0.4 is 5.32 Å². The number of hydrogen-bond donors (Lipinski definition) is 2. The molecule has 0 radical (unpaired) electrons. The van der Waals surface area contributed by atoms with E-state index in [1.165, 1.54) is 0 Å². The third-order valence-corrected chi connectivity index (χ3v) is 7.65. The van der Waals surface area contributed by atoms with Crippen molar-refractivity contribution in [1.29, 1.82) is 0 Å². The maximum Gasteiger partial charge on any atom is 0.255 e. The van der Waals surface area contributed by atoms with Crippen molar-refractivity contribution < 1.29 is 9.90 Å². The summed E-state index contributed by atoms with van der Waals surface area (Å²) in [5, 5.41) is 22.2. The predicted molar refractivity (Wildman–Crippen MR) is 160 cm³/mol. The lowest BCUT2D eigenvalue weighted by Crippen LogP contribution is -2.11. The molecule has 5 aromatic rings. The number of benzene rings is 5. The lowest BCUT2D eigenvalue weighted by Gasteiger charge is -2.23. The molecule has 0 saturated carbocycles. The summed E-state index contributed by atoms with van der Waals surface area (Å²) in [4.78, 5) is 24.5. The van der Waals surface area contributed by atoms with Crippen LogP contribution in [-0.2, 0) is 6.42 Å². The van der Waals surface area contributed by atoms with Gasteiger partial charge in [-0.1, -0.05) is 59.6 Å². The van der Waals surface area contributed by atoms with Crippen molar-refractivity contribution in [2.45, 2.75) is 19.3 Å². The summed E-state index contributed by atoms with van der Waals surface area (Å²) in [5.74, 6) is -0.161. The zero-order valence-electron chi connectivity index (χ0n) is 20.7. The normalized spacial score (nSPS) is 14.2. The average molecular weight is 553 g/mol. The van der Waals surface area contributed by atoms with Crippen LogP contribution in [0.2, 0.25) is 10.0 Å². The third-order valence-electron chi connectivity index (χ3n) is 7.22. The fourth-order valence-corrected chi connectivity index (χ4v) is 5.99. The fourth-order valence-electron chi connectivity index (χ4n) is 5.46. The first-order chi connectivity index (χ1) is 18.9. The van der Waals surface area contributed by atoms with Crippen molar-refractivity contribution in [3.63, 3.8) is 0 Å². The lowest BCUT2D eigenvalue weighted by atomic mass is 9.81. The highest BCUT2D eigenvalue weighted by molar-refractivity contribution is 6.35. The first-order valence-corrected chi connectivity index (χ1v) is 13.3. The number of carbonyl (C=O) groups excluding carboxylic acids is 1. The minimum Gasteiger partial charge on any atom is -0.507 e. The Kier molecular flexibility index (Phi) is 6.55. The van der Waals surface area contributed by atoms with E-state index < -0.39 is 0 Å². The Morgan fingerprint density at radius 3 is 2.31 bits per heavy atom. The molecule has 2 N–H and O–H groups in total. The number of aliphatic hydroxyl groups is 1. The molecule has 1 amide bonds. The molecular formula is C32H22Cl2N2O3. The molecular weight excluding hydrogens is 531 g/mol. The number of anilines is 1. The highest BCUT2D eigenvalue weighted by Gasteiger charge is 2.23. The van der Waals surface area contributed by atoms with E-state index in [2.05, 4.69) is 16.6 Å². The second-order valence-corrected chi connectivity index (χ2v) is 10.5. The van der Waals surface area contributed by atoms with E-state index in [4.69, 9.17) is 23.2 Å². The Morgan fingerprint density at radius 2 is 1.56 bits per heavy atom. The molecule has 7 heteroatoms. The van der Waals surface area contributed by atoms with Crippen molar-refractivity contribution in [2.24, 2.45) is 5.18 Å². The van der Waals surface area contributed by atoms with Gasteiger partial charge in [0.25, 0.3) is 5.91 Å². The summed E-state index contributed by atoms with van der Waals surface area (Å²) in [5.41, 5.74) is 4.77. The summed E-state index contributed by atoms with van der Waals surface area (Å²) < 4.78 is 0. The Bertz CT molecular complexity index is 1810. The molecule has 5 nitrogen and oxygen atoms in total. The van der Waals surface area contributed by atoms with Crippen molar-refractivity contribution in [2.75, 3.05) is 5.32 Å². The molecule has 39 heavy (non-hydrogen) atoms. The quantitative estimate of drug-likeness (QED) is 0.132. The minimum atomic E-state index is -0.338. The second-order valence-electron chi connectivity index (χ2n) is 9.59. The van der Waals surface area contributed by atoms with Gasteiger partial charge in [-0.05, 0) is 100 Å². The summed E-state index contributed by atoms with van der Waals surface area (Å²) in [6, 6.07) is 25.5. The third kappa shape index (κ3) is 4.65. The Morgan fingerprint density at radius 1 is 0.821 bits per heavy atom. The van der Waals surface area contributed by atoms with Crippen LogP contribution in [0.3, 0.4) is 0 Å². The Labute approximate surface area is 234 Å². The van der Waals surface area contributed by atoms with Crippen LogP contribution in [0.5, 0.6) is 0 Å². The molecule has 192 valence electrons. The molecule has 0 unspecified atom stereocenters. The molecule has 0 heterocycles. The molecule has 5 aromatic carbocycles. The van der Waals surface area contributed by atoms with E-state index in [9.17, 15) is 14.8 Å². The molecule has 0 bridgehead atoms. The number of halogens is 2. The number of fused-ring (bicyclic) bond motifs is 5. The van der Waals surface area contributed by atoms with E-state index in [0.29, 0.717) is 39.0 Å². The minimum absolute atomic E-state index is 0.177. The largest absolute Gasteiger partial charge is 0.507 e. The first-order valence-electron chi connectivity index (χ1n) is 12.5. The van der Waals surface area contributed by atoms with Crippen LogP contribution in [0, 0.1) is 4.91 Å². The molecule has 0 saturated heterocycles. The SMILES string of the molecule is O=Nc1cc2ccccc2c2ccc3c(c12)CCCC3=C(O)c1ccc(NC(=O)c2cc(Cl)cc(Cl)c2)cc1. The van der Waals surface area contributed by atoms with Crippen LogP contribution in [-0.4, -0.2) is 11.0 Å². The fraction of sp³-hybridized carbons (Fsp3) is 0.0938. The van der Waals surface area contributed by atoms with Gasteiger partial charge < -0.3 is 10.4 Å². The maximum absolute atomic E-state index is 12.6. The van der Waals surface area contributed by atoms with E-state index >= 15 is 0 Å². The zero-order chi connectivity index (χ0) is 27.1. The van der Waals surface area contributed by atoms with E-state index in [1.807, 2.05) is 36.4 Å². The van der Waals surface area contributed by atoms with Gasteiger partial charge in [-0.2, -0.15) is 0 Å². The van der Waals surface area contributed by atoms with Gasteiger partial charge in [0.15, 0.2) is 0 Å². The van der Waals surface area contributed by atoms with Crippen molar-refractivity contribution in [1.82, 2.24) is 0 Å². The van der Waals surface area contributed by atoms with E-state index in [-0.39, 0.29) is 11.7 Å². The number of aryl methyl sites for hydroxylation is 1. The van der Waals surface area contributed by atoms with Gasteiger partial charge >= 0.3 is 0 Å². The second kappa shape index (κ2) is 10.2. The number of allylic oxidation sites excluding steroid dienone is 1. The highest BCUT2D eigenvalue weighted by atomic mass is 35.5. The molecule has 0 aromatic heterocycles. The van der Waals surface area contributed by atoms with E-state index in [1.54, 1.807) is 42.5 Å². The van der Waals surface area contributed by atoms with Crippen LogP contribution in [0.1, 0.15) is 39.9 Å². The van der Waals surface area contributed by atoms with Crippen molar-refractivity contribution in [3.8, 4) is 0 Å². The van der Waals surface area contributed by atoms with Crippen molar-refractivity contribution in [3.05, 3.63) is 122 Å². The molecule has 6 rings (SSSR count). The van der Waals surface area contributed by atoms with Gasteiger partial charge in [0.05, 0.1) is 0 Å².